The minimum atomic E-state index is -0.439. The minimum Gasteiger partial charge on any atom is -0.432 e. The van der Waals surface area contributed by atoms with E-state index in [-0.39, 0.29) is 0 Å². The first kappa shape index (κ1) is 11.5. The third kappa shape index (κ3) is 4.00. The number of carbonyl (C=O) groups excluding carboxylic acids is 1. The van der Waals surface area contributed by atoms with Crippen LogP contribution >= 0.6 is 11.6 Å². The number of esters is 1. The molecule has 0 aromatic heterocycles. The molecule has 0 bridgehead atoms. The van der Waals surface area contributed by atoms with Crippen molar-refractivity contribution in [2.45, 2.75) is 5.88 Å². The molecule has 1 aromatic rings. The van der Waals surface area contributed by atoms with Crippen LogP contribution in [0.25, 0.3) is 6.08 Å². The van der Waals surface area contributed by atoms with Crippen LogP contribution < -0.4 is 0 Å². The van der Waals surface area contributed by atoms with Crippen LogP contribution in [0, 0.1) is 0 Å². The fourth-order valence-corrected chi connectivity index (χ4v) is 1.18. The molecular weight excluding hydrogens is 212 g/mol. The fraction of sp³-hybridized carbons (Fsp3) is 0.0833. The molecule has 1 aromatic carbocycles. The summed E-state index contributed by atoms with van der Waals surface area (Å²) in [6.45, 7) is 3.29. The normalized spacial score (nSPS) is 10.2. The highest BCUT2D eigenvalue weighted by molar-refractivity contribution is 6.17. The summed E-state index contributed by atoms with van der Waals surface area (Å²) < 4.78 is 4.53. The van der Waals surface area contributed by atoms with Crippen molar-refractivity contribution in [3.8, 4) is 0 Å². The molecule has 2 nitrogen and oxygen atoms in total. The molecular formula is C12H11ClO2. The number of halogens is 1. The van der Waals surface area contributed by atoms with E-state index in [0.717, 1.165) is 17.4 Å². The molecule has 0 aliphatic heterocycles. The van der Waals surface area contributed by atoms with E-state index in [2.05, 4.69) is 11.3 Å². The number of benzene rings is 1. The second-order valence-electron chi connectivity index (χ2n) is 2.81. The summed E-state index contributed by atoms with van der Waals surface area (Å²) >= 11 is 5.64. The Bertz CT molecular complexity index is 366. The van der Waals surface area contributed by atoms with Crippen LogP contribution in [0.3, 0.4) is 0 Å². The maximum Gasteiger partial charge on any atom is 0.335 e. The maximum absolute atomic E-state index is 10.9. The van der Waals surface area contributed by atoms with Crippen molar-refractivity contribution in [1.82, 2.24) is 0 Å². The second kappa shape index (κ2) is 6.04. The van der Waals surface area contributed by atoms with Crippen molar-refractivity contribution in [3.05, 3.63) is 54.3 Å². The van der Waals surface area contributed by atoms with Crippen LogP contribution in [0.4, 0.5) is 0 Å². The summed E-state index contributed by atoms with van der Waals surface area (Å²) in [5.74, 6) is 0.0501. The number of carbonyl (C=O) groups is 1. The SMILES string of the molecule is C=COC(=O)C=Cc1ccc(CCl)cc1. The van der Waals surface area contributed by atoms with E-state index >= 15 is 0 Å². The average Bonchev–Trinajstić information content (AvgIpc) is 2.27. The summed E-state index contributed by atoms with van der Waals surface area (Å²) in [5.41, 5.74) is 1.97. The Morgan fingerprint density at radius 1 is 1.40 bits per heavy atom. The molecule has 0 atom stereocenters. The zero-order valence-corrected chi connectivity index (χ0v) is 8.91. The van der Waals surface area contributed by atoms with Gasteiger partial charge in [-0.3, -0.25) is 0 Å². The lowest BCUT2D eigenvalue weighted by Gasteiger charge is -1.96. The van der Waals surface area contributed by atoms with E-state index in [1.54, 1.807) is 6.08 Å². The van der Waals surface area contributed by atoms with Gasteiger partial charge >= 0.3 is 5.97 Å². The number of alkyl halides is 1. The predicted octanol–water partition coefficient (Wildman–Crippen LogP) is 3.13. The van der Waals surface area contributed by atoms with Gasteiger partial charge in [-0.15, -0.1) is 11.6 Å². The molecule has 0 aliphatic carbocycles. The van der Waals surface area contributed by atoms with Crippen molar-refractivity contribution in [2.75, 3.05) is 0 Å². The third-order valence-corrected chi connectivity index (χ3v) is 2.05. The van der Waals surface area contributed by atoms with Crippen LogP contribution in [-0.2, 0) is 15.4 Å². The molecule has 0 spiro atoms. The van der Waals surface area contributed by atoms with Crippen molar-refractivity contribution >= 4 is 23.6 Å². The molecule has 0 N–H and O–H groups in total. The van der Waals surface area contributed by atoms with E-state index in [9.17, 15) is 4.79 Å². The van der Waals surface area contributed by atoms with Crippen molar-refractivity contribution < 1.29 is 9.53 Å². The highest BCUT2D eigenvalue weighted by Crippen LogP contribution is 2.08. The summed E-state index contributed by atoms with van der Waals surface area (Å²) in [7, 11) is 0. The first-order valence-corrected chi connectivity index (χ1v) is 4.94. The smallest absolute Gasteiger partial charge is 0.335 e. The van der Waals surface area contributed by atoms with Gasteiger partial charge in [0.1, 0.15) is 0 Å². The van der Waals surface area contributed by atoms with Crippen LogP contribution in [0.15, 0.2) is 43.2 Å². The van der Waals surface area contributed by atoms with Gasteiger partial charge in [0.25, 0.3) is 0 Å². The number of hydrogen-bond acceptors (Lipinski definition) is 2. The molecule has 0 unspecified atom stereocenters. The van der Waals surface area contributed by atoms with Gasteiger partial charge in [0.15, 0.2) is 0 Å². The third-order valence-electron chi connectivity index (χ3n) is 1.75. The summed E-state index contributed by atoms with van der Waals surface area (Å²) in [6.07, 6.45) is 4.12. The standard InChI is InChI=1S/C12H11ClO2/c1-2-15-12(14)8-7-10-3-5-11(9-13)6-4-10/h2-8H,1,9H2. The van der Waals surface area contributed by atoms with Gasteiger partial charge in [-0.25, -0.2) is 4.79 Å². The average molecular weight is 223 g/mol. The summed E-state index contributed by atoms with van der Waals surface area (Å²) in [4.78, 5) is 10.9. The summed E-state index contributed by atoms with van der Waals surface area (Å²) in [6, 6.07) is 7.59. The molecule has 0 amide bonds. The number of ether oxygens (including phenoxy) is 1. The van der Waals surface area contributed by atoms with Crippen molar-refractivity contribution in [1.29, 1.82) is 0 Å². The maximum atomic E-state index is 10.9. The Morgan fingerprint density at radius 3 is 2.60 bits per heavy atom. The molecule has 0 saturated carbocycles. The highest BCUT2D eigenvalue weighted by Gasteiger charge is 1.93. The Kier molecular flexibility index (Phi) is 4.64. The lowest BCUT2D eigenvalue weighted by Crippen LogP contribution is -1.92. The predicted molar refractivity (Wildman–Crippen MR) is 61.3 cm³/mol. The molecule has 15 heavy (non-hydrogen) atoms. The molecule has 0 saturated heterocycles. The lowest BCUT2D eigenvalue weighted by molar-refractivity contribution is -0.132. The monoisotopic (exact) mass is 222 g/mol. The molecule has 78 valence electrons. The molecule has 0 radical (unpaired) electrons. The largest absolute Gasteiger partial charge is 0.432 e. The van der Waals surface area contributed by atoms with E-state index < -0.39 is 5.97 Å². The number of hydrogen-bond donors (Lipinski definition) is 0. The molecule has 0 aliphatic rings. The van der Waals surface area contributed by atoms with Crippen LogP contribution in [0.1, 0.15) is 11.1 Å². The van der Waals surface area contributed by atoms with Crippen LogP contribution in [0.2, 0.25) is 0 Å². The first-order chi connectivity index (χ1) is 7.26. The van der Waals surface area contributed by atoms with Gasteiger partial charge in [-0.05, 0) is 17.2 Å². The molecule has 3 heteroatoms. The van der Waals surface area contributed by atoms with Gasteiger partial charge in [-0.1, -0.05) is 30.8 Å². The molecule has 1 rings (SSSR count). The Balaban J connectivity index is 2.64. The Hall–Kier alpha value is -1.54. The zero-order chi connectivity index (χ0) is 11.1. The van der Waals surface area contributed by atoms with Gasteiger partial charge in [0, 0.05) is 12.0 Å². The van der Waals surface area contributed by atoms with Crippen molar-refractivity contribution in [2.24, 2.45) is 0 Å². The quantitative estimate of drug-likeness (QED) is 0.339. The topological polar surface area (TPSA) is 26.3 Å². The number of rotatable bonds is 4. The fourth-order valence-electron chi connectivity index (χ4n) is 1.00. The summed E-state index contributed by atoms with van der Waals surface area (Å²) in [5, 5.41) is 0. The molecule has 0 heterocycles. The lowest BCUT2D eigenvalue weighted by atomic mass is 10.1. The van der Waals surface area contributed by atoms with E-state index in [1.165, 1.54) is 6.08 Å². The van der Waals surface area contributed by atoms with Gasteiger partial charge in [0.2, 0.25) is 0 Å². The van der Waals surface area contributed by atoms with E-state index in [1.807, 2.05) is 24.3 Å². The van der Waals surface area contributed by atoms with E-state index in [4.69, 9.17) is 11.6 Å². The van der Waals surface area contributed by atoms with Gasteiger partial charge in [0.05, 0.1) is 6.26 Å². The molecule has 0 fully saturated rings. The zero-order valence-electron chi connectivity index (χ0n) is 8.15. The van der Waals surface area contributed by atoms with Gasteiger partial charge in [-0.2, -0.15) is 0 Å². The Labute approximate surface area is 93.8 Å². The van der Waals surface area contributed by atoms with Crippen LogP contribution in [0.5, 0.6) is 0 Å². The van der Waals surface area contributed by atoms with Crippen LogP contribution in [-0.4, -0.2) is 5.97 Å². The first-order valence-electron chi connectivity index (χ1n) is 4.41. The van der Waals surface area contributed by atoms with Gasteiger partial charge < -0.3 is 4.74 Å². The minimum absolute atomic E-state index is 0.439. The van der Waals surface area contributed by atoms with E-state index in [0.29, 0.717) is 5.88 Å². The highest BCUT2D eigenvalue weighted by atomic mass is 35.5. The van der Waals surface area contributed by atoms with Crippen molar-refractivity contribution in [3.63, 3.8) is 0 Å². The Morgan fingerprint density at radius 2 is 2.07 bits per heavy atom. The second-order valence-corrected chi connectivity index (χ2v) is 3.08.